The number of allylic oxidation sites excluding steroid dienone is 1. The summed E-state index contributed by atoms with van der Waals surface area (Å²) in [5.74, 6) is 0. The fourth-order valence-electron chi connectivity index (χ4n) is 0.340. The fraction of sp³-hybridized carbons (Fsp3) is 0.250. The molecule has 0 atom stereocenters. The van der Waals surface area contributed by atoms with E-state index in [2.05, 4.69) is 11.1 Å². The summed E-state index contributed by atoms with van der Waals surface area (Å²) in [4.78, 5) is 2.99. The van der Waals surface area contributed by atoms with Gasteiger partial charge in [0.2, 0.25) is 0 Å². The van der Waals surface area contributed by atoms with Crippen LogP contribution in [0.2, 0.25) is 0 Å². The van der Waals surface area contributed by atoms with E-state index in [-0.39, 0.29) is 0 Å². The van der Waals surface area contributed by atoms with Gasteiger partial charge in [0, 0.05) is 6.08 Å². The second-order valence-electron chi connectivity index (χ2n) is 1.96. The normalized spacial score (nSPS) is 20.8. The van der Waals surface area contributed by atoms with E-state index in [9.17, 15) is 0 Å². The molecular weight excluding hydrogens is 397 g/mol. The number of rotatable bonds is 0. The fourth-order valence-corrected chi connectivity index (χ4v) is 0.340. The van der Waals surface area contributed by atoms with E-state index in [0.29, 0.717) is 0 Å². The van der Waals surface area contributed by atoms with Gasteiger partial charge in [0.25, 0.3) is 0 Å². The van der Waals surface area contributed by atoms with E-state index in [1.165, 1.54) is 0 Å². The molecule has 1 rings (SSSR count). The van der Waals surface area contributed by atoms with E-state index in [4.69, 9.17) is 53.0 Å². The molecule has 0 unspecified atom stereocenters. The zero-order chi connectivity index (χ0) is 9.94. The van der Waals surface area contributed by atoms with Crippen molar-refractivity contribution in [1.29, 1.82) is 0 Å². The van der Waals surface area contributed by atoms with Gasteiger partial charge in [0.1, 0.15) is 0 Å². The van der Waals surface area contributed by atoms with Crippen molar-refractivity contribution in [3.63, 3.8) is 0 Å². The minimum absolute atomic E-state index is 1.01. The molecule has 0 radical (unpaired) electrons. The van der Waals surface area contributed by atoms with Crippen LogP contribution in [0.15, 0.2) is 12.2 Å². The number of hydrogen-bond acceptors (Lipinski definition) is 0. The van der Waals surface area contributed by atoms with Crippen molar-refractivity contribution >= 4 is 68.3 Å². The summed E-state index contributed by atoms with van der Waals surface area (Å²) in [6.07, 6.45) is 6.00. The molecule has 0 saturated carbocycles. The van der Waals surface area contributed by atoms with Crippen molar-refractivity contribution in [3.8, 4) is 0 Å². The molecule has 0 bridgehead atoms. The van der Waals surface area contributed by atoms with Crippen LogP contribution in [0.25, 0.3) is 0 Å². The van der Waals surface area contributed by atoms with Crippen LogP contribution in [0.1, 0.15) is 0 Å². The van der Waals surface area contributed by atoms with E-state index in [1.54, 1.807) is 0 Å². The Bertz CT molecular complexity index is 187. The van der Waals surface area contributed by atoms with Crippen LogP contribution in [0, 0.1) is 0 Å². The molecule has 1 N–H and O–H groups in total. The Labute approximate surface area is 90.8 Å². The molecule has 0 spiro atoms. The summed E-state index contributed by atoms with van der Waals surface area (Å²) in [6.45, 7) is 1.01. The van der Waals surface area contributed by atoms with Gasteiger partial charge < -0.3 is 0 Å². The minimum atomic E-state index is -5.42. The van der Waals surface area contributed by atoms with Gasteiger partial charge in [-0.2, -0.15) is 0 Å². The molecule has 0 aromatic heterocycles. The molecule has 0 amide bonds. The average molecular weight is 403 g/mol. The maximum absolute atomic E-state index is 5.42. The van der Waals surface area contributed by atoms with Gasteiger partial charge in [0.15, 0.2) is 12.8 Å². The summed E-state index contributed by atoms with van der Waals surface area (Å²) in [5.41, 5.74) is 0. The van der Waals surface area contributed by atoms with Crippen LogP contribution in [-0.4, -0.2) is 21.9 Å². The van der Waals surface area contributed by atoms with E-state index in [0.717, 1.165) is 6.54 Å². The quantitative estimate of drug-likeness (QED) is 0.599. The van der Waals surface area contributed by atoms with E-state index in [1.807, 2.05) is 12.3 Å². The Balaban J connectivity index is 0.000000211. The zero-order valence-corrected chi connectivity index (χ0v) is 12.7. The first-order valence-electron chi connectivity index (χ1n) is 2.73. The SMILES string of the molecule is C1=CC[NH+]=C1.[Cl][Sb-]([Cl])([Cl])([Cl])([Cl])[Cl]. The van der Waals surface area contributed by atoms with Gasteiger partial charge in [0.05, 0.1) is 0 Å². The Kier molecular flexibility index (Phi) is 4.48. The molecule has 0 aromatic rings. The third kappa shape index (κ3) is 29.7. The molecule has 0 saturated heterocycles. The first-order chi connectivity index (χ1) is 4.95. The van der Waals surface area contributed by atoms with Crippen LogP contribution < -0.4 is 4.99 Å². The van der Waals surface area contributed by atoms with Gasteiger partial charge in [-0.3, -0.25) is 0 Å². The Morgan fingerprint density at radius 1 is 1.00 bits per heavy atom. The van der Waals surface area contributed by atoms with Crippen molar-refractivity contribution in [2.75, 3.05) is 6.54 Å². The predicted octanol–water partition coefficient (Wildman–Crippen LogP) is 2.46. The molecule has 1 aliphatic rings. The average Bonchev–Trinajstić information content (AvgIpc) is 2.00. The third-order valence-corrected chi connectivity index (χ3v) is 0.586. The molecule has 1 nitrogen and oxygen atoms in total. The summed E-state index contributed by atoms with van der Waals surface area (Å²) >= 11 is 0. The van der Waals surface area contributed by atoms with Gasteiger partial charge in [-0.05, 0) is 6.08 Å². The van der Waals surface area contributed by atoms with Crippen molar-refractivity contribution in [2.45, 2.75) is 0 Å². The van der Waals surface area contributed by atoms with Crippen LogP contribution in [0.3, 0.4) is 0 Å². The van der Waals surface area contributed by atoms with Crippen molar-refractivity contribution < 1.29 is 4.99 Å². The van der Waals surface area contributed by atoms with Crippen LogP contribution >= 0.6 is 53.0 Å². The number of nitrogens with one attached hydrogen (secondary N) is 1. The third-order valence-electron chi connectivity index (χ3n) is 0.586. The Hall–Kier alpha value is 1.97. The molecule has 0 fully saturated rings. The van der Waals surface area contributed by atoms with Crippen LogP contribution in [0.5, 0.6) is 0 Å². The second-order valence-corrected chi connectivity index (χ2v) is 58.9. The van der Waals surface area contributed by atoms with Gasteiger partial charge >= 0.3 is 62.1 Å². The molecule has 1 aliphatic heterocycles. The molecule has 1 heterocycles. The number of halogens is 6. The van der Waals surface area contributed by atoms with Crippen molar-refractivity contribution in [2.24, 2.45) is 0 Å². The topological polar surface area (TPSA) is 14.0 Å². The maximum atomic E-state index is 5.06. The zero-order valence-electron chi connectivity index (χ0n) is 5.65. The summed E-state index contributed by atoms with van der Waals surface area (Å²) < 4.78 is 0. The molecule has 74 valence electrons. The molecular formula is C4H6Cl6NSb. The Morgan fingerprint density at radius 2 is 1.42 bits per heavy atom. The molecule has 12 heavy (non-hydrogen) atoms. The van der Waals surface area contributed by atoms with Crippen LogP contribution in [0.4, 0.5) is 0 Å². The Morgan fingerprint density at radius 3 is 1.50 bits per heavy atom. The second kappa shape index (κ2) is 3.85. The van der Waals surface area contributed by atoms with E-state index < -0.39 is 9.14 Å². The predicted molar refractivity (Wildman–Crippen MR) is 61.9 cm³/mol. The van der Waals surface area contributed by atoms with Gasteiger partial charge in [-0.1, -0.05) is 0 Å². The first kappa shape index (κ1) is 14.0. The van der Waals surface area contributed by atoms with Crippen LogP contribution in [-0.2, 0) is 0 Å². The first-order valence-corrected chi connectivity index (χ1v) is 22.1. The van der Waals surface area contributed by atoms with Crippen molar-refractivity contribution in [3.05, 3.63) is 12.2 Å². The summed E-state index contributed by atoms with van der Waals surface area (Å²) in [7, 11) is 25.0. The van der Waals surface area contributed by atoms with Crippen molar-refractivity contribution in [1.82, 2.24) is 0 Å². The molecule has 8 heteroatoms. The molecule has 0 aromatic carbocycles. The van der Waals surface area contributed by atoms with Gasteiger partial charge in [-0.25, -0.2) is 4.99 Å². The monoisotopic (exact) mass is 399 g/mol. The number of hydrogen-bond donors (Lipinski definition) is 1. The summed E-state index contributed by atoms with van der Waals surface area (Å²) in [6, 6.07) is 0. The van der Waals surface area contributed by atoms with E-state index >= 15 is 0 Å². The molecule has 0 aliphatic carbocycles. The standard InChI is InChI=1S/C4H5N.6ClH.Sb/c1-2-4-5-3-1;;;;;;;/h1-3H,4H2;6*1H;/q;;;;;;;+5/p-5. The summed E-state index contributed by atoms with van der Waals surface area (Å²) in [5, 5.41) is 0. The van der Waals surface area contributed by atoms with Gasteiger partial charge in [-0.15, -0.1) is 0 Å².